The number of hydrogen-bond donors (Lipinski definition) is 0. The fourth-order valence-electron chi connectivity index (χ4n) is 4.15. The van der Waals surface area contributed by atoms with E-state index in [1.54, 1.807) is 31.3 Å². The Hall–Kier alpha value is -2.37. The van der Waals surface area contributed by atoms with Crippen LogP contribution in [0.3, 0.4) is 0 Å². The van der Waals surface area contributed by atoms with E-state index in [-0.39, 0.29) is 11.9 Å². The molecule has 1 aliphatic heterocycles. The lowest BCUT2D eigenvalue weighted by Gasteiger charge is -2.38. The Morgan fingerprint density at radius 1 is 1.16 bits per heavy atom. The van der Waals surface area contributed by atoms with Gasteiger partial charge in [0.15, 0.2) is 5.60 Å². The normalized spacial score (nSPS) is 29.2. The highest BCUT2D eigenvalue weighted by atomic mass is 16.6. The molecule has 1 aromatic carbocycles. The van der Waals surface area contributed by atoms with Crippen molar-refractivity contribution in [2.45, 2.75) is 39.2 Å². The number of methoxy groups -OCH3 is 1. The van der Waals surface area contributed by atoms with Crippen LogP contribution in [0.25, 0.3) is 0 Å². The molecule has 0 aromatic heterocycles. The van der Waals surface area contributed by atoms with Crippen molar-refractivity contribution >= 4 is 23.5 Å². The van der Waals surface area contributed by atoms with Crippen LogP contribution in [0.4, 0.5) is 5.69 Å². The number of likely N-dealkylation sites (N-methyl/N-ethyl adjacent to an activating group) is 1. The van der Waals surface area contributed by atoms with Gasteiger partial charge in [0.2, 0.25) is 0 Å². The number of ether oxygens (including phenoxy) is 2. The molecule has 1 saturated carbocycles. The molecule has 0 radical (unpaired) electrons. The van der Waals surface area contributed by atoms with E-state index < -0.39 is 22.4 Å². The van der Waals surface area contributed by atoms with E-state index in [0.717, 1.165) is 0 Å². The standard InChI is InChI=1S/C19H23NO5/c1-17(2)18(3)10-11-19(17,25-16(18)23)15(22)20(4)13-9-7-6-8-12(13)14(21)24-5/h6-9H,10-11H2,1-5H3/t18-,19+/m1/s1. The minimum absolute atomic E-state index is 0.292. The minimum atomic E-state index is -1.21. The van der Waals surface area contributed by atoms with Crippen molar-refractivity contribution in [1.29, 1.82) is 0 Å². The monoisotopic (exact) mass is 345 g/mol. The van der Waals surface area contributed by atoms with Gasteiger partial charge in [-0.25, -0.2) is 4.79 Å². The number of nitrogens with zero attached hydrogens (tertiary/aromatic N) is 1. The van der Waals surface area contributed by atoms with E-state index >= 15 is 0 Å². The number of fused-ring (bicyclic) bond motifs is 2. The Morgan fingerprint density at radius 3 is 2.32 bits per heavy atom. The molecule has 0 N–H and O–H groups in total. The summed E-state index contributed by atoms with van der Waals surface area (Å²) in [6, 6.07) is 6.73. The second kappa shape index (κ2) is 5.31. The molecule has 1 saturated heterocycles. The Kier molecular flexibility index (Phi) is 3.71. The third-order valence-corrected chi connectivity index (χ3v) is 6.40. The molecular formula is C19H23NO5. The van der Waals surface area contributed by atoms with Crippen molar-refractivity contribution < 1.29 is 23.9 Å². The maximum absolute atomic E-state index is 13.4. The van der Waals surface area contributed by atoms with Gasteiger partial charge in [-0.15, -0.1) is 0 Å². The summed E-state index contributed by atoms with van der Waals surface area (Å²) in [4.78, 5) is 39.2. The Morgan fingerprint density at radius 2 is 1.80 bits per heavy atom. The summed E-state index contributed by atoms with van der Waals surface area (Å²) in [5.74, 6) is -1.16. The number of hydrogen-bond acceptors (Lipinski definition) is 5. The van der Waals surface area contributed by atoms with Gasteiger partial charge in [0.25, 0.3) is 5.91 Å². The minimum Gasteiger partial charge on any atom is -0.465 e. The largest absolute Gasteiger partial charge is 0.465 e. The summed E-state index contributed by atoms with van der Waals surface area (Å²) >= 11 is 0. The molecule has 134 valence electrons. The lowest BCUT2D eigenvalue weighted by Crippen LogP contribution is -2.54. The number of anilines is 1. The molecule has 6 nitrogen and oxygen atoms in total. The predicted molar refractivity (Wildman–Crippen MR) is 91.1 cm³/mol. The molecule has 2 aliphatic rings. The van der Waals surface area contributed by atoms with Crippen LogP contribution in [-0.4, -0.2) is 37.6 Å². The quantitative estimate of drug-likeness (QED) is 0.787. The van der Waals surface area contributed by atoms with E-state index in [1.807, 2.05) is 20.8 Å². The van der Waals surface area contributed by atoms with Gasteiger partial charge in [-0.1, -0.05) is 26.0 Å². The molecule has 0 unspecified atom stereocenters. The summed E-state index contributed by atoms with van der Waals surface area (Å²) in [5.41, 5.74) is -1.80. The van der Waals surface area contributed by atoms with E-state index in [0.29, 0.717) is 24.1 Å². The van der Waals surface area contributed by atoms with Crippen molar-refractivity contribution in [3.05, 3.63) is 29.8 Å². The average molecular weight is 345 g/mol. The summed E-state index contributed by atoms with van der Waals surface area (Å²) < 4.78 is 10.5. The van der Waals surface area contributed by atoms with Gasteiger partial charge in [-0.05, 0) is 31.9 Å². The zero-order chi connectivity index (χ0) is 18.6. The van der Waals surface area contributed by atoms with E-state index in [4.69, 9.17) is 9.47 Å². The SMILES string of the molecule is COC(=O)c1ccccc1N(C)C(=O)[C@]12CC[C@](C)(C(=O)O1)C2(C)C. The lowest BCUT2D eigenvalue weighted by atomic mass is 9.66. The highest BCUT2D eigenvalue weighted by molar-refractivity contribution is 6.08. The number of carbonyl (C=O) groups is 3. The van der Waals surface area contributed by atoms with Crippen LogP contribution in [0.15, 0.2) is 24.3 Å². The molecule has 2 bridgehead atoms. The molecule has 3 rings (SSSR count). The van der Waals surface area contributed by atoms with Crippen LogP contribution >= 0.6 is 0 Å². The summed E-state index contributed by atoms with van der Waals surface area (Å²) in [5, 5.41) is 0. The third-order valence-electron chi connectivity index (χ3n) is 6.40. The molecule has 6 heteroatoms. The first-order valence-electron chi connectivity index (χ1n) is 8.31. The zero-order valence-corrected chi connectivity index (χ0v) is 15.2. The van der Waals surface area contributed by atoms with E-state index in [1.165, 1.54) is 12.0 Å². The fraction of sp³-hybridized carbons (Fsp3) is 0.526. The van der Waals surface area contributed by atoms with Crippen molar-refractivity contribution in [1.82, 2.24) is 0 Å². The van der Waals surface area contributed by atoms with Gasteiger partial charge in [-0.3, -0.25) is 9.59 Å². The smallest absolute Gasteiger partial charge is 0.339 e. The van der Waals surface area contributed by atoms with Gasteiger partial charge in [0.05, 0.1) is 23.8 Å². The van der Waals surface area contributed by atoms with Crippen molar-refractivity contribution in [2.75, 3.05) is 19.1 Å². The van der Waals surface area contributed by atoms with Crippen molar-refractivity contribution in [2.24, 2.45) is 10.8 Å². The van der Waals surface area contributed by atoms with Crippen LogP contribution in [0.1, 0.15) is 44.0 Å². The maximum Gasteiger partial charge on any atom is 0.339 e. The number of para-hydroxylation sites is 1. The molecule has 0 spiro atoms. The van der Waals surface area contributed by atoms with Gasteiger partial charge in [0.1, 0.15) is 0 Å². The first kappa shape index (κ1) is 17.5. The second-order valence-electron chi connectivity index (χ2n) is 7.55. The summed E-state index contributed by atoms with van der Waals surface area (Å²) in [6.07, 6.45) is 1.09. The molecule has 2 atom stereocenters. The zero-order valence-electron chi connectivity index (χ0n) is 15.2. The first-order valence-corrected chi connectivity index (χ1v) is 8.31. The molecule has 1 aliphatic carbocycles. The van der Waals surface area contributed by atoms with Gasteiger partial charge < -0.3 is 14.4 Å². The molecular weight excluding hydrogens is 322 g/mol. The Bertz CT molecular complexity index is 771. The molecule has 1 aromatic rings. The van der Waals surface area contributed by atoms with E-state index in [2.05, 4.69) is 0 Å². The maximum atomic E-state index is 13.4. The Balaban J connectivity index is 2.03. The number of benzene rings is 1. The van der Waals surface area contributed by atoms with Crippen LogP contribution < -0.4 is 4.90 Å². The lowest BCUT2D eigenvalue weighted by molar-refractivity contribution is -0.166. The number of carbonyl (C=O) groups excluding carboxylic acids is 3. The van der Waals surface area contributed by atoms with Crippen LogP contribution in [0, 0.1) is 10.8 Å². The van der Waals surface area contributed by atoms with Gasteiger partial charge >= 0.3 is 11.9 Å². The fourth-order valence-corrected chi connectivity index (χ4v) is 4.15. The highest BCUT2D eigenvalue weighted by Gasteiger charge is 2.76. The number of amides is 1. The van der Waals surface area contributed by atoms with Crippen molar-refractivity contribution in [3.63, 3.8) is 0 Å². The number of esters is 2. The topological polar surface area (TPSA) is 72.9 Å². The summed E-state index contributed by atoms with van der Waals surface area (Å²) in [7, 11) is 2.89. The second-order valence-corrected chi connectivity index (χ2v) is 7.55. The van der Waals surface area contributed by atoms with Crippen LogP contribution in [0.2, 0.25) is 0 Å². The molecule has 1 amide bonds. The van der Waals surface area contributed by atoms with E-state index in [9.17, 15) is 14.4 Å². The molecule has 2 fully saturated rings. The van der Waals surface area contributed by atoms with Crippen LogP contribution in [-0.2, 0) is 19.1 Å². The average Bonchev–Trinajstić information content (AvgIpc) is 2.90. The van der Waals surface area contributed by atoms with Gasteiger partial charge in [0, 0.05) is 12.5 Å². The number of rotatable bonds is 3. The van der Waals surface area contributed by atoms with Gasteiger partial charge in [-0.2, -0.15) is 0 Å². The Labute approximate surface area is 147 Å². The third kappa shape index (κ3) is 2.00. The molecule has 1 heterocycles. The molecule has 25 heavy (non-hydrogen) atoms. The van der Waals surface area contributed by atoms with Crippen molar-refractivity contribution in [3.8, 4) is 0 Å². The highest BCUT2D eigenvalue weighted by Crippen LogP contribution is 2.66. The summed E-state index contributed by atoms with van der Waals surface area (Å²) in [6.45, 7) is 5.67. The first-order chi connectivity index (χ1) is 11.6. The van der Waals surface area contributed by atoms with Crippen LogP contribution in [0.5, 0.6) is 0 Å². The predicted octanol–water partition coefficient (Wildman–Crippen LogP) is 2.56.